The number of nitrogens with zero attached hydrogens (tertiary/aromatic N) is 2. The second kappa shape index (κ2) is 7.20. The van der Waals surface area contributed by atoms with Gasteiger partial charge in [-0.05, 0) is 62.9 Å². The van der Waals surface area contributed by atoms with Gasteiger partial charge in [0.1, 0.15) is 11.6 Å². The lowest BCUT2D eigenvalue weighted by Crippen LogP contribution is -2.31. The van der Waals surface area contributed by atoms with Crippen molar-refractivity contribution in [1.82, 2.24) is 9.97 Å². The van der Waals surface area contributed by atoms with Gasteiger partial charge in [-0.1, -0.05) is 12.1 Å². The lowest BCUT2D eigenvalue weighted by Gasteiger charge is -2.30. The third kappa shape index (κ3) is 3.57. The van der Waals surface area contributed by atoms with Crippen molar-refractivity contribution in [3.63, 3.8) is 0 Å². The van der Waals surface area contributed by atoms with Gasteiger partial charge in [0.25, 0.3) is 0 Å². The van der Waals surface area contributed by atoms with E-state index < -0.39 is 0 Å². The molecule has 1 aliphatic carbocycles. The smallest absolute Gasteiger partial charge is 0.131 e. The Morgan fingerprint density at radius 3 is 2.69 bits per heavy atom. The number of pyridine rings is 2. The Labute approximate surface area is 153 Å². The molecule has 2 aromatic heterocycles. The molecular formula is C21H24N4O. The predicted molar refractivity (Wildman–Crippen MR) is 105 cm³/mol. The van der Waals surface area contributed by atoms with Crippen LogP contribution < -0.4 is 15.8 Å². The summed E-state index contributed by atoms with van der Waals surface area (Å²) in [5.74, 6) is 1.79. The van der Waals surface area contributed by atoms with E-state index in [1.54, 1.807) is 0 Å². The Morgan fingerprint density at radius 1 is 1.08 bits per heavy atom. The first-order valence-corrected chi connectivity index (χ1v) is 9.19. The number of nitrogen functional groups attached to an aromatic ring is 1. The van der Waals surface area contributed by atoms with Gasteiger partial charge in [0, 0.05) is 23.6 Å². The number of hydrogen-bond acceptors (Lipinski definition) is 5. The van der Waals surface area contributed by atoms with E-state index in [9.17, 15) is 0 Å². The quantitative estimate of drug-likeness (QED) is 0.734. The SMILES string of the molecule is Cc1cc(N)c2c(O[C@H]3CC[C@H](Nc4ccccn4)CC3)cccc2n1. The Hall–Kier alpha value is -2.82. The van der Waals surface area contributed by atoms with E-state index in [4.69, 9.17) is 10.5 Å². The summed E-state index contributed by atoms with van der Waals surface area (Å²) in [4.78, 5) is 8.92. The van der Waals surface area contributed by atoms with Crippen LogP contribution in [0.3, 0.4) is 0 Å². The average Bonchev–Trinajstić information content (AvgIpc) is 2.64. The second-order valence-corrected chi connectivity index (χ2v) is 6.95. The number of nitrogens with two attached hydrogens (primary N) is 1. The van der Waals surface area contributed by atoms with Gasteiger partial charge in [0.15, 0.2) is 0 Å². The van der Waals surface area contributed by atoms with Crippen molar-refractivity contribution in [1.29, 1.82) is 0 Å². The van der Waals surface area contributed by atoms with E-state index in [1.807, 2.05) is 55.6 Å². The molecule has 1 fully saturated rings. The zero-order valence-corrected chi connectivity index (χ0v) is 15.0. The van der Waals surface area contributed by atoms with Crippen molar-refractivity contribution < 1.29 is 4.74 Å². The highest BCUT2D eigenvalue weighted by molar-refractivity contribution is 5.95. The third-order valence-corrected chi connectivity index (χ3v) is 4.94. The number of anilines is 2. The minimum atomic E-state index is 0.211. The van der Waals surface area contributed by atoms with Gasteiger partial charge in [-0.25, -0.2) is 4.98 Å². The average molecular weight is 348 g/mol. The maximum Gasteiger partial charge on any atom is 0.131 e. The van der Waals surface area contributed by atoms with Crippen LogP contribution in [-0.2, 0) is 0 Å². The van der Waals surface area contributed by atoms with Gasteiger partial charge in [-0.15, -0.1) is 0 Å². The first-order chi connectivity index (χ1) is 12.7. The standard InChI is InChI=1S/C21H24N4O/c1-14-13-17(22)21-18(24-14)5-4-6-19(21)26-16-10-8-15(9-11-16)25-20-7-2-3-12-23-20/h2-7,12-13,15-16H,8-11H2,1H3,(H2,22,24)(H,23,25)/t15-,16-. The molecule has 0 spiro atoms. The van der Waals surface area contributed by atoms with Gasteiger partial charge >= 0.3 is 0 Å². The minimum Gasteiger partial charge on any atom is -0.490 e. The van der Waals surface area contributed by atoms with Crippen molar-refractivity contribution >= 4 is 22.4 Å². The molecule has 1 aliphatic rings. The summed E-state index contributed by atoms with van der Waals surface area (Å²) < 4.78 is 6.32. The molecule has 0 atom stereocenters. The zero-order valence-electron chi connectivity index (χ0n) is 15.0. The lowest BCUT2D eigenvalue weighted by molar-refractivity contribution is 0.152. The molecule has 5 nitrogen and oxygen atoms in total. The summed E-state index contributed by atoms with van der Waals surface area (Å²) >= 11 is 0. The molecule has 134 valence electrons. The Balaban J connectivity index is 1.43. The number of aryl methyl sites for hydroxylation is 1. The van der Waals surface area contributed by atoms with Crippen molar-refractivity contribution in [2.24, 2.45) is 0 Å². The summed E-state index contributed by atoms with van der Waals surface area (Å²) in [6.07, 6.45) is 6.19. The fourth-order valence-corrected chi connectivity index (χ4v) is 3.68. The molecule has 1 aromatic carbocycles. The lowest BCUT2D eigenvalue weighted by atomic mass is 9.93. The molecule has 26 heavy (non-hydrogen) atoms. The normalized spacial score (nSPS) is 20.0. The van der Waals surface area contributed by atoms with E-state index in [0.29, 0.717) is 6.04 Å². The summed E-state index contributed by atoms with van der Waals surface area (Å²) in [5.41, 5.74) is 8.78. The first kappa shape index (κ1) is 16.6. The molecule has 2 heterocycles. The van der Waals surface area contributed by atoms with Gasteiger partial charge < -0.3 is 15.8 Å². The molecule has 1 saturated carbocycles. The third-order valence-electron chi connectivity index (χ3n) is 4.94. The molecule has 5 heteroatoms. The van der Waals surface area contributed by atoms with Crippen LogP contribution in [0.2, 0.25) is 0 Å². The fourth-order valence-electron chi connectivity index (χ4n) is 3.68. The van der Waals surface area contributed by atoms with Crippen molar-refractivity contribution in [3.05, 3.63) is 54.4 Å². The molecule has 3 aromatic rings. The molecule has 0 aliphatic heterocycles. The predicted octanol–water partition coefficient (Wildman–Crippen LogP) is 4.32. The Kier molecular flexibility index (Phi) is 4.61. The van der Waals surface area contributed by atoms with Crippen LogP contribution in [0.1, 0.15) is 31.4 Å². The molecule has 0 radical (unpaired) electrons. The molecular weight excluding hydrogens is 324 g/mol. The van der Waals surface area contributed by atoms with Gasteiger partial charge in [0.05, 0.1) is 17.0 Å². The van der Waals surface area contributed by atoms with Crippen molar-refractivity contribution in [2.45, 2.75) is 44.8 Å². The molecule has 3 N–H and O–H groups in total. The maximum absolute atomic E-state index is 6.32. The number of fused-ring (bicyclic) bond motifs is 1. The van der Waals surface area contributed by atoms with Crippen LogP contribution >= 0.6 is 0 Å². The summed E-state index contributed by atoms with van der Waals surface area (Å²) in [7, 11) is 0. The minimum absolute atomic E-state index is 0.211. The van der Waals surface area contributed by atoms with Crippen LogP contribution in [-0.4, -0.2) is 22.1 Å². The number of nitrogens with one attached hydrogen (secondary N) is 1. The number of rotatable bonds is 4. The topological polar surface area (TPSA) is 73.1 Å². The highest BCUT2D eigenvalue weighted by Gasteiger charge is 2.23. The summed E-state index contributed by atoms with van der Waals surface area (Å²) in [6.45, 7) is 1.96. The molecule has 0 unspecified atom stereocenters. The largest absolute Gasteiger partial charge is 0.490 e. The highest BCUT2D eigenvalue weighted by atomic mass is 16.5. The van der Waals surface area contributed by atoms with Gasteiger partial charge in [0.2, 0.25) is 0 Å². The second-order valence-electron chi connectivity index (χ2n) is 6.95. The van der Waals surface area contributed by atoms with E-state index in [1.165, 1.54) is 0 Å². The number of benzene rings is 1. The molecule has 0 amide bonds. The number of ether oxygens (including phenoxy) is 1. The van der Waals surface area contributed by atoms with Crippen LogP contribution in [0.25, 0.3) is 10.9 Å². The molecule has 0 bridgehead atoms. The highest BCUT2D eigenvalue weighted by Crippen LogP contribution is 2.33. The van der Waals surface area contributed by atoms with Crippen LogP contribution in [0.4, 0.5) is 11.5 Å². The van der Waals surface area contributed by atoms with E-state index >= 15 is 0 Å². The van der Waals surface area contributed by atoms with E-state index in [2.05, 4.69) is 15.3 Å². The first-order valence-electron chi connectivity index (χ1n) is 9.19. The maximum atomic E-state index is 6.32. The monoisotopic (exact) mass is 348 g/mol. The Morgan fingerprint density at radius 2 is 1.92 bits per heavy atom. The van der Waals surface area contributed by atoms with Crippen molar-refractivity contribution in [3.8, 4) is 5.75 Å². The zero-order chi connectivity index (χ0) is 17.9. The van der Waals surface area contributed by atoms with E-state index in [-0.39, 0.29) is 6.10 Å². The number of aromatic nitrogens is 2. The summed E-state index contributed by atoms with van der Waals surface area (Å²) in [6, 6.07) is 14.3. The van der Waals surface area contributed by atoms with Crippen LogP contribution in [0.5, 0.6) is 5.75 Å². The Bertz CT molecular complexity index is 889. The van der Waals surface area contributed by atoms with E-state index in [0.717, 1.165) is 59.5 Å². The van der Waals surface area contributed by atoms with Crippen LogP contribution in [0.15, 0.2) is 48.7 Å². The number of hydrogen-bond donors (Lipinski definition) is 2. The molecule has 0 saturated heterocycles. The van der Waals surface area contributed by atoms with Crippen molar-refractivity contribution in [2.75, 3.05) is 11.1 Å². The van der Waals surface area contributed by atoms with Gasteiger partial charge in [-0.2, -0.15) is 0 Å². The summed E-state index contributed by atoms with van der Waals surface area (Å²) in [5, 5.41) is 4.44. The van der Waals surface area contributed by atoms with Crippen LogP contribution in [0, 0.1) is 6.92 Å². The van der Waals surface area contributed by atoms with Gasteiger partial charge in [-0.3, -0.25) is 4.98 Å². The fraction of sp³-hybridized carbons (Fsp3) is 0.333. The molecule has 4 rings (SSSR count).